The molecule has 0 aromatic heterocycles. The molecule has 0 bridgehead atoms. The van der Waals surface area contributed by atoms with E-state index in [0.29, 0.717) is 19.5 Å². The van der Waals surface area contributed by atoms with Gasteiger partial charge in [0.25, 0.3) is 0 Å². The molecule has 34 heavy (non-hydrogen) atoms. The third-order valence-corrected chi connectivity index (χ3v) is 5.81. The molecule has 5 nitrogen and oxygen atoms in total. The molecule has 3 aromatic carbocycles. The van der Waals surface area contributed by atoms with E-state index in [1.165, 1.54) is 0 Å². The number of nitrogens with one attached hydrogen (secondary N) is 1. The van der Waals surface area contributed by atoms with E-state index in [9.17, 15) is 9.59 Å². The van der Waals surface area contributed by atoms with Crippen molar-refractivity contribution in [2.75, 3.05) is 13.7 Å². The Balaban J connectivity index is 1.90. The number of hydrogen-bond acceptors (Lipinski definition) is 3. The summed E-state index contributed by atoms with van der Waals surface area (Å²) in [6, 6.07) is 26.6. The largest absolute Gasteiger partial charge is 0.497 e. The van der Waals surface area contributed by atoms with Gasteiger partial charge < -0.3 is 15.0 Å². The predicted octanol–water partition coefficient (Wildman–Crippen LogP) is 4.79. The highest BCUT2D eigenvalue weighted by Gasteiger charge is 2.30. The van der Waals surface area contributed by atoms with Crippen LogP contribution >= 0.6 is 0 Å². The number of hydrogen-bond donors (Lipinski definition) is 1. The Morgan fingerprint density at radius 1 is 0.853 bits per heavy atom. The summed E-state index contributed by atoms with van der Waals surface area (Å²) in [7, 11) is 1.62. The fourth-order valence-corrected chi connectivity index (χ4v) is 3.86. The number of benzene rings is 3. The van der Waals surface area contributed by atoms with Crippen LogP contribution in [0, 0.1) is 0 Å². The zero-order valence-corrected chi connectivity index (χ0v) is 20.1. The Hall–Kier alpha value is -3.60. The van der Waals surface area contributed by atoms with Gasteiger partial charge in [-0.1, -0.05) is 86.1 Å². The molecule has 0 aliphatic heterocycles. The molecular weight excluding hydrogens is 424 g/mol. The first-order chi connectivity index (χ1) is 16.6. The van der Waals surface area contributed by atoms with Gasteiger partial charge in [0.2, 0.25) is 11.8 Å². The lowest BCUT2D eigenvalue weighted by atomic mass is 10.0. The molecule has 2 amide bonds. The van der Waals surface area contributed by atoms with Crippen LogP contribution in [0.25, 0.3) is 0 Å². The normalized spacial score (nSPS) is 11.5. The lowest BCUT2D eigenvalue weighted by molar-refractivity contribution is -0.140. The average Bonchev–Trinajstić information content (AvgIpc) is 2.88. The zero-order valence-electron chi connectivity index (χ0n) is 20.1. The van der Waals surface area contributed by atoms with Gasteiger partial charge in [0.15, 0.2) is 0 Å². The summed E-state index contributed by atoms with van der Waals surface area (Å²) < 4.78 is 5.24. The van der Waals surface area contributed by atoms with Crippen molar-refractivity contribution in [1.82, 2.24) is 10.2 Å². The average molecular weight is 459 g/mol. The van der Waals surface area contributed by atoms with E-state index in [4.69, 9.17) is 4.74 Å². The van der Waals surface area contributed by atoms with Gasteiger partial charge >= 0.3 is 0 Å². The second kappa shape index (κ2) is 13.2. The van der Waals surface area contributed by atoms with Crippen molar-refractivity contribution in [3.05, 3.63) is 102 Å². The Kier molecular flexibility index (Phi) is 9.71. The lowest BCUT2D eigenvalue weighted by Crippen LogP contribution is -2.51. The third kappa shape index (κ3) is 7.48. The number of methoxy groups -OCH3 is 1. The molecule has 1 unspecified atom stereocenters. The Morgan fingerprint density at radius 3 is 2.06 bits per heavy atom. The molecule has 3 aromatic rings. The molecule has 1 atom stereocenters. The zero-order chi connectivity index (χ0) is 24.2. The van der Waals surface area contributed by atoms with Crippen LogP contribution in [-0.4, -0.2) is 36.4 Å². The molecule has 3 rings (SSSR count). The monoisotopic (exact) mass is 458 g/mol. The van der Waals surface area contributed by atoms with Crippen molar-refractivity contribution in [2.24, 2.45) is 0 Å². The van der Waals surface area contributed by atoms with E-state index in [1.54, 1.807) is 12.0 Å². The topological polar surface area (TPSA) is 58.6 Å². The summed E-state index contributed by atoms with van der Waals surface area (Å²) in [6.07, 6.45) is 2.57. The quantitative estimate of drug-likeness (QED) is 0.397. The van der Waals surface area contributed by atoms with Gasteiger partial charge in [0.05, 0.1) is 13.5 Å². The van der Waals surface area contributed by atoms with Crippen LogP contribution in [0.4, 0.5) is 0 Å². The van der Waals surface area contributed by atoms with Gasteiger partial charge in [-0.25, -0.2) is 0 Å². The first-order valence-corrected chi connectivity index (χ1v) is 11.9. The fourth-order valence-electron chi connectivity index (χ4n) is 3.86. The summed E-state index contributed by atoms with van der Waals surface area (Å²) in [5.41, 5.74) is 2.90. The molecule has 0 aliphatic rings. The van der Waals surface area contributed by atoms with Crippen molar-refractivity contribution in [2.45, 2.75) is 45.2 Å². The van der Waals surface area contributed by atoms with E-state index >= 15 is 0 Å². The maximum absolute atomic E-state index is 13.7. The third-order valence-electron chi connectivity index (χ3n) is 5.81. The van der Waals surface area contributed by atoms with Crippen LogP contribution in [-0.2, 0) is 29.0 Å². The van der Waals surface area contributed by atoms with Gasteiger partial charge in [-0.15, -0.1) is 0 Å². The Labute approximate surface area is 202 Å². The van der Waals surface area contributed by atoms with E-state index in [-0.39, 0.29) is 18.2 Å². The minimum absolute atomic E-state index is 0.0828. The summed E-state index contributed by atoms with van der Waals surface area (Å²) in [4.78, 5) is 28.8. The number of nitrogens with zero attached hydrogens (tertiary/aromatic N) is 1. The van der Waals surface area contributed by atoms with Gasteiger partial charge in [0.1, 0.15) is 11.8 Å². The molecule has 0 aliphatic carbocycles. The SMILES string of the molecule is CCCCNC(=O)C(Cc1ccccc1)N(Cc1ccccc1)C(=O)Cc1ccc(OC)cc1. The highest BCUT2D eigenvalue weighted by atomic mass is 16.5. The van der Waals surface area contributed by atoms with Crippen molar-refractivity contribution in [3.8, 4) is 5.75 Å². The minimum atomic E-state index is -0.606. The number of amides is 2. The van der Waals surface area contributed by atoms with Gasteiger partial charge in [-0.3, -0.25) is 9.59 Å². The maximum Gasteiger partial charge on any atom is 0.243 e. The molecule has 5 heteroatoms. The number of ether oxygens (including phenoxy) is 1. The lowest BCUT2D eigenvalue weighted by Gasteiger charge is -2.31. The molecular formula is C29H34N2O3. The second-order valence-corrected chi connectivity index (χ2v) is 8.38. The van der Waals surface area contributed by atoms with Gasteiger partial charge in [-0.05, 0) is 35.2 Å². The number of carbonyl (C=O) groups is 2. The Morgan fingerprint density at radius 2 is 1.47 bits per heavy atom. The van der Waals surface area contributed by atoms with Crippen LogP contribution in [0.2, 0.25) is 0 Å². The molecule has 0 spiro atoms. The summed E-state index contributed by atoms with van der Waals surface area (Å²) in [5.74, 6) is 0.548. The van der Waals surface area contributed by atoms with Crippen molar-refractivity contribution in [1.29, 1.82) is 0 Å². The van der Waals surface area contributed by atoms with Gasteiger partial charge in [0, 0.05) is 19.5 Å². The highest BCUT2D eigenvalue weighted by molar-refractivity contribution is 5.88. The summed E-state index contributed by atoms with van der Waals surface area (Å²) >= 11 is 0. The highest BCUT2D eigenvalue weighted by Crippen LogP contribution is 2.18. The summed E-state index contributed by atoms with van der Waals surface area (Å²) in [6.45, 7) is 3.06. The molecule has 0 fully saturated rings. The van der Waals surface area contributed by atoms with Crippen LogP contribution < -0.4 is 10.1 Å². The molecule has 0 radical (unpaired) electrons. The molecule has 0 saturated carbocycles. The second-order valence-electron chi connectivity index (χ2n) is 8.38. The van der Waals surface area contributed by atoms with E-state index in [1.807, 2.05) is 84.9 Å². The standard InChI is InChI=1S/C29H34N2O3/c1-3-4-19-30-29(33)27(20-23-11-7-5-8-12-23)31(22-25-13-9-6-10-14-25)28(32)21-24-15-17-26(34-2)18-16-24/h5-18,27H,3-4,19-22H2,1-2H3,(H,30,33). The maximum atomic E-state index is 13.7. The van der Waals surface area contributed by atoms with Crippen LogP contribution in [0.15, 0.2) is 84.9 Å². The fraction of sp³-hybridized carbons (Fsp3) is 0.310. The van der Waals surface area contributed by atoms with Crippen molar-refractivity contribution < 1.29 is 14.3 Å². The first-order valence-electron chi connectivity index (χ1n) is 11.9. The predicted molar refractivity (Wildman–Crippen MR) is 136 cm³/mol. The molecule has 1 N–H and O–H groups in total. The molecule has 0 saturated heterocycles. The Bertz CT molecular complexity index is 1020. The van der Waals surface area contributed by atoms with Crippen LogP contribution in [0.1, 0.15) is 36.5 Å². The minimum Gasteiger partial charge on any atom is -0.497 e. The van der Waals surface area contributed by atoms with E-state index in [0.717, 1.165) is 35.3 Å². The van der Waals surface area contributed by atoms with Crippen molar-refractivity contribution >= 4 is 11.8 Å². The first kappa shape index (κ1) is 25.0. The van der Waals surface area contributed by atoms with Gasteiger partial charge in [-0.2, -0.15) is 0 Å². The molecule has 0 heterocycles. The number of unbranched alkanes of at least 4 members (excludes halogenated alkanes) is 1. The number of carbonyl (C=O) groups excluding carboxylic acids is 2. The van der Waals surface area contributed by atoms with E-state index < -0.39 is 6.04 Å². The molecule has 178 valence electrons. The van der Waals surface area contributed by atoms with Crippen LogP contribution in [0.5, 0.6) is 5.75 Å². The van der Waals surface area contributed by atoms with Crippen LogP contribution in [0.3, 0.4) is 0 Å². The van der Waals surface area contributed by atoms with Crippen molar-refractivity contribution in [3.63, 3.8) is 0 Å². The summed E-state index contributed by atoms with van der Waals surface area (Å²) in [5, 5.41) is 3.05. The number of rotatable bonds is 12. The van der Waals surface area contributed by atoms with E-state index in [2.05, 4.69) is 12.2 Å². The smallest absolute Gasteiger partial charge is 0.243 e.